The molecule has 1 aliphatic carbocycles. The van der Waals surface area contributed by atoms with E-state index in [2.05, 4.69) is 37.7 Å². The molecule has 1 rings (SSSR count). The molecule has 3 nitrogen and oxygen atoms in total. The lowest BCUT2D eigenvalue weighted by molar-refractivity contribution is -0.124. The number of amides is 1. The van der Waals surface area contributed by atoms with Crippen molar-refractivity contribution in [1.29, 1.82) is 0 Å². The van der Waals surface area contributed by atoms with Gasteiger partial charge in [-0.25, -0.2) is 0 Å². The van der Waals surface area contributed by atoms with E-state index in [4.69, 9.17) is 0 Å². The summed E-state index contributed by atoms with van der Waals surface area (Å²) in [7, 11) is 0. The molecule has 0 radical (unpaired) electrons. The van der Waals surface area contributed by atoms with Gasteiger partial charge in [0.1, 0.15) is 0 Å². The first kappa shape index (κ1) is 16.8. The normalized spacial score (nSPS) is 25.9. The fourth-order valence-corrected chi connectivity index (χ4v) is 3.44. The Labute approximate surface area is 122 Å². The first-order valence-electron chi connectivity index (χ1n) is 7.50. The number of hydrogen-bond acceptors (Lipinski definition) is 3. The number of carbonyl (C=O) groups is 1. The van der Waals surface area contributed by atoms with E-state index in [0.717, 1.165) is 6.42 Å². The number of nitrogens with one attached hydrogen (secondary N) is 2. The van der Waals surface area contributed by atoms with Crippen LogP contribution in [0.25, 0.3) is 0 Å². The molecule has 0 aromatic heterocycles. The predicted octanol–water partition coefficient (Wildman–Crippen LogP) is 2.94. The Morgan fingerprint density at radius 1 is 1.37 bits per heavy atom. The second kappa shape index (κ2) is 7.53. The summed E-state index contributed by atoms with van der Waals surface area (Å²) in [5, 5.41) is 7.31. The summed E-state index contributed by atoms with van der Waals surface area (Å²) in [6, 6.07) is 0.373. The third kappa shape index (κ3) is 5.35. The van der Waals surface area contributed by atoms with E-state index in [1.807, 2.05) is 18.7 Å². The summed E-state index contributed by atoms with van der Waals surface area (Å²) in [6.45, 7) is 8.22. The summed E-state index contributed by atoms with van der Waals surface area (Å²) in [6.07, 6.45) is 8.20. The molecule has 0 heterocycles. The molecule has 4 heteroatoms. The maximum absolute atomic E-state index is 12.2. The van der Waals surface area contributed by atoms with Crippen LogP contribution in [0.1, 0.15) is 59.8 Å². The molecule has 0 spiro atoms. The highest BCUT2D eigenvalue weighted by atomic mass is 32.2. The second-order valence-electron chi connectivity index (χ2n) is 6.28. The van der Waals surface area contributed by atoms with Crippen LogP contribution in [0, 0.1) is 0 Å². The molecular formula is C15H30N2OS. The van der Waals surface area contributed by atoms with Gasteiger partial charge in [0, 0.05) is 16.8 Å². The molecule has 0 aliphatic heterocycles. The summed E-state index contributed by atoms with van der Waals surface area (Å²) in [5.74, 6) is 0.122. The summed E-state index contributed by atoms with van der Waals surface area (Å²) in [4.78, 5) is 12.2. The van der Waals surface area contributed by atoms with Gasteiger partial charge in [-0.05, 0) is 46.3 Å². The Hall–Kier alpha value is -0.220. The Morgan fingerprint density at radius 2 is 2.00 bits per heavy atom. The minimum absolute atomic E-state index is 0.108. The molecule has 0 saturated heterocycles. The van der Waals surface area contributed by atoms with Crippen LogP contribution in [0.5, 0.6) is 0 Å². The molecule has 1 saturated carbocycles. The van der Waals surface area contributed by atoms with E-state index in [1.165, 1.54) is 25.7 Å². The molecule has 1 fully saturated rings. The van der Waals surface area contributed by atoms with Crippen LogP contribution >= 0.6 is 11.8 Å². The van der Waals surface area contributed by atoms with Gasteiger partial charge in [0.2, 0.25) is 5.91 Å². The Balaban J connectivity index is 2.48. The number of thioether (sulfide) groups is 1. The molecule has 112 valence electrons. The SMILES string of the molecule is CCC(C)(C)NC(=O)C(C)NC1CCCCC1SC. The standard InChI is InChI=1S/C15H30N2OS/c1-6-15(3,4)17-14(18)11(2)16-12-9-7-8-10-13(12)19-5/h11-13,16H,6-10H2,1-5H3,(H,17,18). The molecule has 3 unspecified atom stereocenters. The minimum atomic E-state index is -0.113. The van der Waals surface area contributed by atoms with Gasteiger partial charge in [-0.1, -0.05) is 19.8 Å². The third-order valence-corrected chi connectivity index (χ3v) is 5.38. The lowest BCUT2D eigenvalue weighted by atomic mass is 9.94. The topological polar surface area (TPSA) is 41.1 Å². The molecular weight excluding hydrogens is 256 g/mol. The third-order valence-electron chi connectivity index (χ3n) is 4.21. The van der Waals surface area contributed by atoms with E-state index in [9.17, 15) is 4.79 Å². The van der Waals surface area contributed by atoms with Crippen LogP contribution in [0.15, 0.2) is 0 Å². The highest BCUT2D eigenvalue weighted by Crippen LogP contribution is 2.27. The van der Waals surface area contributed by atoms with Gasteiger partial charge in [-0.15, -0.1) is 0 Å². The van der Waals surface area contributed by atoms with Crippen molar-refractivity contribution >= 4 is 17.7 Å². The number of hydrogen-bond donors (Lipinski definition) is 2. The summed E-state index contributed by atoms with van der Waals surface area (Å²) < 4.78 is 0. The summed E-state index contributed by atoms with van der Waals surface area (Å²) >= 11 is 1.93. The van der Waals surface area contributed by atoms with E-state index in [-0.39, 0.29) is 17.5 Å². The van der Waals surface area contributed by atoms with E-state index in [0.29, 0.717) is 11.3 Å². The lowest BCUT2D eigenvalue weighted by Crippen LogP contribution is -2.54. The minimum Gasteiger partial charge on any atom is -0.350 e. The number of rotatable bonds is 6. The molecule has 0 bridgehead atoms. The lowest BCUT2D eigenvalue weighted by Gasteiger charge is -2.34. The molecule has 3 atom stereocenters. The molecule has 0 aromatic rings. The highest BCUT2D eigenvalue weighted by molar-refractivity contribution is 7.99. The van der Waals surface area contributed by atoms with E-state index in [1.54, 1.807) is 0 Å². The van der Waals surface area contributed by atoms with Crippen LogP contribution in [0.4, 0.5) is 0 Å². The van der Waals surface area contributed by atoms with Crippen LogP contribution < -0.4 is 10.6 Å². The quantitative estimate of drug-likeness (QED) is 0.789. The monoisotopic (exact) mass is 286 g/mol. The van der Waals surface area contributed by atoms with Crippen molar-refractivity contribution in [3.63, 3.8) is 0 Å². The van der Waals surface area contributed by atoms with Crippen molar-refractivity contribution in [1.82, 2.24) is 10.6 Å². The van der Waals surface area contributed by atoms with Crippen molar-refractivity contribution in [3.8, 4) is 0 Å². The van der Waals surface area contributed by atoms with Crippen molar-refractivity contribution < 1.29 is 4.79 Å². The first-order valence-corrected chi connectivity index (χ1v) is 8.79. The van der Waals surface area contributed by atoms with Gasteiger partial charge < -0.3 is 10.6 Å². The van der Waals surface area contributed by atoms with E-state index < -0.39 is 0 Å². The zero-order chi connectivity index (χ0) is 14.5. The second-order valence-corrected chi connectivity index (χ2v) is 7.36. The van der Waals surface area contributed by atoms with E-state index >= 15 is 0 Å². The smallest absolute Gasteiger partial charge is 0.237 e. The van der Waals surface area contributed by atoms with Gasteiger partial charge in [0.25, 0.3) is 0 Å². The predicted molar refractivity (Wildman–Crippen MR) is 84.7 cm³/mol. The van der Waals surface area contributed by atoms with Crippen LogP contribution in [0.3, 0.4) is 0 Å². The average Bonchev–Trinajstić information content (AvgIpc) is 2.38. The Kier molecular flexibility index (Phi) is 6.67. The van der Waals surface area contributed by atoms with Crippen LogP contribution in [-0.2, 0) is 4.79 Å². The van der Waals surface area contributed by atoms with Gasteiger partial charge in [-0.2, -0.15) is 11.8 Å². The fourth-order valence-electron chi connectivity index (χ4n) is 2.50. The zero-order valence-electron chi connectivity index (χ0n) is 13.1. The van der Waals surface area contributed by atoms with Crippen LogP contribution in [-0.4, -0.2) is 35.0 Å². The van der Waals surface area contributed by atoms with Gasteiger partial charge in [0.15, 0.2) is 0 Å². The van der Waals surface area contributed by atoms with Gasteiger partial charge >= 0.3 is 0 Å². The van der Waals surface area contributed by atoms with Crippen molar-refractivity contribution in [2.75, 3.05) is 6.26 Å². The molecule has 1 aliphatic rings. The average molecular weight is 286 g/mol. The largest absolute Gasteiger partial charge is 0.350 e. The first-order chi connectivity index (χ1) is 8.89. The summed E-state index contributed by atoms with van der Waals surface area (Å²) in [5.41, 5.74) is -0.113. The van der Waals surface area contributed by atoms with Gasteiger partial charge in [0.05, 0.1) is 6.04 Å². The molecule has 1 amide bonds. The maximum atomic E-state index is 12.2. The molecule has 0 aromatic carbocycles. The fraction of sp³-hybridized carbons (Fsp3) is 0.933. The maximum Gasteiger partial charge on any atom is 0.237 e. The molecule has 19 heavy (non-hydrogen) atoms. The Bertz CT molecular complexity index is 294. The zero-order valence-corrected chi connectivity index (χ0v) is 13.9. The van der Waals surface area contributed by atoms with Crippen molar-refractivity contribution in [2.24, 2.45) is 0 Å². The Morgan fingerprint density at radius 3 is 2.58 bits per heavy atom. The van der Waals surface area contributed by atoms with Gasteiger partial charge in [-0.3, -0.25) is 4.79 Å². The number of carbonyl (C=O) groups excluding carboxylic acids is 1. The van der Waals surface area contributed by atoms with Crippen molar-refractivity contribution in [2.45, 2.75) is 82.7 Å². The molecule has 2 N–H and O–H groups in total. The highest BCUT2D eigenvalue weighted by Gasteiger charge is 2.28. The van der Waals surface area contributed by atoms with Crippen LogP contribution in [0.2, 0.25) is 0 Å². The van der Waals surface area contributed by atoms with Crippen molar-refractivity contribution in [3.05, 3.63) is 0 Å².